The molecule has 0 saturated heterocycles. The normalized spacial score (nSPS) is 11.3. The van der Waals surface area contributed by atoms with Gasteiger partial charge in [0.2, 0.25) is 0 Å². The molecule has 1 aromatic carbocycles. The zero-order valence-electron chi connectivity index (χ0n) is 12.1. The molecule has 0 aliphatic rings. The van der Waals surface area contributed by atoms with Crippen molar-refractivity contribution < 1.29 is 0 Å². The molecule has 5 nitrogen and oxygen atoms in total. The van der Waals surface area contributed by atoms with E-state index in [1.165, 1.54) is 0 Å². The van der Waals surface area contributed by atoms with E-state index >= 15 is 0 Å². The summed E-state index contributed by atoms with van der Waals surface area (Å²) in [6.07, 6.45) is 1.78. The average Bonchev–Trinajstić information content (AvgIpc) is 2.90. The van der Waals surface area contributed by atoms with Crippen LogP contribution in [0.1, 0.15) is 11.4 Å². The van der Waals surface area contributed by atoms with Crippen molar-refractivity contribution in [2.45, 2.75) is 13.5 Å². The SMILES string of the molecule is Cc1cccc2nc(Cn3cnc4ccccc43)cc(=O)n12. The van der Waals surface area contributed by atoms with E-state index in [-0.39, 0.29) is 5.56 Å². The summed E-state index contributed by atoms with van der Waals surface area (Å²) in [6.45, 7) is 2.43. The van der Waals surface area contributed by atoms with E-state index in [2.05, 4.69) is 9.97 Å². The molecule has 0 aliphatic carbocycles. The largest absolute Gasteiger partial charge is 0.324 e. The Labute approximate surface area is 126 Å². The van der Waals surface area contributed by atoms with Gasteiger partial charge in [-0.25, -0.2) is 9.97 Å². The summed E-state index contributed by atoms with van der Waals surface area (Å²) in [4.78, 5) is 21.3. The molecule has 0 unspecified atom stereocenters. The summed E-state index contributed by atoms with van der Waals surface area (Å²) < 4.78 is 3.62. The van der Waals surface area contributed by atoms with Gasteiger partial charge in [-0.3, -0.25) is 9.20 Å². The van der Waals surface area contributed by atoms with Gasteiger partial charge < -0.3 is 4.57 Å². The molecule has 5 heteroatoms. The Morgan fingerprint density at radius 3 is 2.86 bits per heavy atom. The fourth-order valence-corrected chi connectivity index (χ4v) is 2.76. The summed E-state index contributed by atoms with van der Waals surface area (Å²) in [5.74, 6) is 0. The Hall–Kier alpha value is -2.95. The second kappa shape index (κ2) is 4.80. The quantitative estimate of drug-likeness (QED) is 0.569. The molecule has 3 heterocycles. The second-order valence-corrected chi connectivity index (χ2v) is 5.31. The summed E-state index contributed by atoms with van der Waals surface area (Å²) >= 11 is 0. The third-order valence-corrected chi connectivity index (χ3v) is 3.79. The first-order valence-corrected chi connectivity index (χ1v) is 7.10. The van der Waals surface area contributed by atoms with Crippen LogP contribution in [-0.4, -0.2) is 18.9 Å². The predicted molar refractivity (Wildman–Crippen MR) is 85.0 cm³/mol. The van der Waals surface area contributed by atoms with E-state index < -0.39 is 0 Å². The van der Waals surface area contributed by atoms with Crippen LogP contribution < -0.4 is 5.56 Å². The van der Waals surface area contributed by atoms with Crippen molar-refractivity contribution in [3.8, 4) is 0 Å². The standard InChI is InChI=1S/C17H14N4O/c1-12-5-4-8-16-19-13(9-17(22)21(12)16)10-20-11-18-14-6-2-3-7-15(14)20/h2-9,11H,10H2,1H3. The number of hydrogen-bond acceptors (Lipinski definition) is 3. The maximum absolute atomic E-state index is 12.3. The van der Waals surface area contributed by atoms with Crippen LogP contribution in [0.5, 0.6) is 0 Å². The number of nitrogens with zero attached hydrogens (tertiary/aromatic N) is 4. The van der Waals surface area contributed by atoms with Crippen molar-refractivity contribution in [2.24, 2.45) is 0 Å². The van der Waals surface area contributed by atoms with Gasteiger partial charge in [-0.2, -0.15) is 0 Å². The molecule has 22 heavy (non-hydrogen) atoms. The number of rotatable bonds is 2. The van der Waals surface area contributed by atoms with Gasteiger partial charge in [-0.1, -0.05) is 18.2 Å². The first-order chi connectivity index (χ1) is 10.7. The Kier molecular flexibility index (Phi) is 2.79. The Morgan fingerprint density at radius 2 is 1.95 bits per heavy atom. The van der Waals surface area contributed by atoms with Crippen LogP contribution in [0.25, 0.3) is 16.7 Å². The molecular formula is C17H14N4O. The molecule has 0 bridgehead atoms. The predicted octanol–water partition coefficient (Wildman–Crippen LogP) is 2.40. The van der Waals surface area contributed by atoms with Crippen LogP contribution in [0, 0.1) is 6.92 Å². The van der Waals surface area contributed by atoms with Gasteiger partial charge in [0.1, 0.15) is 5.65 Å². The highest BCUT2D eigenvalue weighted by Gasteiger charge is 2.07. The van der Waals surface area contributed by atoms with Crippen LogP contribution in [0.4, 0.5) is 0 Å². The summed E-state index contributed by atoms with van der Waals surface area (Å²) in [5.41, 5.74) is 4.22. The van der Waals surface area contributed by atoms with Gasteiger partial charge >= 0.3 is 0 Å². The third kappa shape index (κ3) is 1.98. The Morgan fingerprint density at radius 1 is 1.09 bits per heavy atom. The van der Waals surface area contributed by atoms with E-state index in [4.69, 9.17) is 0 Å². The third-order valence-electron chi connectivity index (χ3n) is 3.79. The molecule has 0 fully saturated rings. The molecule has 4 rings (SSSR count). The van der Waals surface area contributed by atoms with Crippen molar-refractivity contribution in [1.29, 1.82) is 0 Å². The van der Waals surface area contributed by atoms with Gasteiger partial charge in [-0.15, -0.1) is 0 Å². The van der Waals surface area contributed by atoms with Gasteiger partial charge in [0.25, 0.3) is 5.56 Å². The summed E-state index contributed by atoms with van der Waals surface area (Å²) in [7, 11) is 0. The number of aryl methyl sites for hydroxylation is 1. The second-order valence-electron chi connectivity index (χ2n) is 5.31. The highest BCUT2D eigenvalue weighted by molar-refractivity contribution is 5.75. The van der Waals surface area contributed by atoms with Gasteiger partial charge in [0.15, 0.2) is 0 Å². The molecule has 4 aromatic rings. The number of aromatic nitrogens is 4. The van der Waals surface area contributed by atoms with Gasteiger partial charge in [-0.05, 0) is 31.2 Å². The first kappa shape index (κ1) is 12.8. The molecule has 0 amide bonds. The van der Waals surface area contributed by atoms with Crippen molar-refractivity contribution >= 4 is 16.7 Å². The Balaban J connectivity index is 1.84. The monoisotopic (exact) mass is 290 g/mol. The molecule has 3 aromatic heterocycles. The minimum absolute atomic E-state index is 0.0532. The lowest BCUT2D eigenvalue weighted by Gasteiger charge is -2.07. The minimum Gasteiger partial charge on any atom is -0.324 e. The first-order valence-electron chi connectivity index (χ1n) is 7.10. The Bertz CT molecular complexity index is 1050. The molecule has 0 N–H and O–H groups in total. The van der Waals surface area contributed by atoms with E-state index in [1.54, 1.807) is 16.8 Å². The van der Waals surface area contributed by atoms with Crippen molar-refractivity contribution in [2.75, 3.05) is 0 Å². The lowest BCUT2D eigenvalue weighted by Crippen LogP contribution is -2.18. The minimum atomic E-state index is -0.0532. The van der Waals surface area contributed by atoms with Crippen molar-refractivity contribution in [1.82, 2.24) is 18.9 Å². The van der Waals surface area contributed by atoms with Crippen LogP contribution >= 0.6 is 0 Å². The molecule has 0 aliphatic heterocycles. The topological polar surface area (TPSA) is 52.2 Å². The van der Waals surface area contributed by atoms with E-state index in [0.29, 0.717) is 12.2 Å². The average molecular weight is 290 g/mol. The number of hydrogen-bond donors (Lipinski definition) is 0. The maximum atomic E-state index is 12.3. The lowest BCUT2D eigenvalue weighted by molar-refractivity contribution is 0.789. The van der Waals surface area contributed by atoms with Crippen molar-refractivity contribution in [3.05, 3.63) is 76.6 Å². The molecule has 0 saturated carbocycles. The molecule has 0 spiro atoms. The number of benzene rings is 1. The number of imidazole rings is 1. The zero-order valence-corrected chi connectivity index (χ0v) is 12.1. The molecule has 0 radical (unpaired) electrons. The highest BCUT2D eigenvalue weighted by Crippen LogP contribution is 2.13. The van der Waals surface area contributed by atoms with Crippen molar-refractivity contribution in [3.63, 3.8) is 0 Å². The van der Waals surface area contributed by atoms with Gasteiger partial charge in [0.05, 0.1) is 29.6 Å². The van der Waals surface area contributed by atoms with Crippen LogP contribution in [-0.2, 0) is 6.54 Å². The molecular weight excluding hydrogens is 276 g/mol. The van der Waals surface area contributed by atoms with E-state index in [1.807, 2.05) is 54.0 Å². The molecule has 0 atom stereocenters. The van der Waals surface area contributed by atoms with Crippen LogP contribution in [0.3, 0.4) is 0 Å². The summed E-state index contributed by atoms with van der Waals surface area (Å²) in [6, 6.07) is 15.2. The van der Waals surface area contributed by atoms with Gasteiger partial charge in [0, 0.05) is 11.8 Å². The smallest absolute Gasteiger partial charge is 0.258 e. The van der Waals surface area contributed by atoms with E-state index in [9.17, 15) is 4.79 Å². The molecule has 108 valence electrons. The number of fused-ring (bicyclic) bond motifs is 2. The fraction of sp³-hybridized carbons (Fsp3) is 0.118. The van der Waals surface area contributed by atoms with E-state index in [0.717, 1.165) is 22.4 Å². The lowest BCUT2D eigenvalue weighted by atomic mass is 10.3. The zero-order chi connectivity index (χ0) is 15.1. The summed E-state index contributed by atoms with van der Waals surface area (Å²) in [5, 5.41) is 0. The van der Waals surface area contributed by atoms with Crippen LogP contribution in [0.2, 0.25) is 0 Å². The highest BCUT2D eigenvalue weighted by atomic mass is 16.1. The van der Waals surface area contributed by atoms with Crippen LogP contribution in [0.15, 0.2) is 59.7 Å². The fourth-order valence-electron chi connectivity index (χ4n) is 2.76. The number of para-hydroxylation sites is 2. The number of pyridine rings is 1. The maximum Gasteiger partial charge on any atom is 0.258 e.